The van der Waals surface area contributed by atoms with Gasteiger partial charge in [-0.25, -0.2) is 0 Å². The van der Waals surface area contributed by atoms with Gasteiger partial charge in [-0.05, 0) is 20.3 Å². The maximum atomic E-state index is 10.9. The molecule has 0 aromatic heterocycles. The zero-order chi connectivity index (χ0) is 6.85. The fourth-order valence-corrected chi connectivity index (χ4v) is 1.14. The summed E-state index contributed by atoms with van der Waals surface area (Å²) in [5.74, 6) is 0.262. The number of hydrogen-bond donors (Lipinski definition) is 0. The van der Waals surface area contributed by atoms with Crippen molar-refractivity contribution in [3.63, 3.8) is 0 Å². The Balaban J connectivity index is 2.49. The van der Waals surface area contributed by atoms with Crippen LogP contribution in [0.5, 0.6) is 0 Å². The van der Waals surface area contributed by atoms with E-state index < -0.39 is 0 Å². The van der Waals surface area contributed by atoms with Gasteiger partial charge >= 0.3 is 0 Å². The van der Waals surface area contributed by atoms with Crippen LogP contribution in [0.15, 0.2) is 0 Å². The zero-order valence-corrected chi connectivity index (χ0v) is 5.76. The van der Waals surface area contributed by atoms with Crippen molar-refractivity contribution in [1.29, 1.82) is 0 Å². The standard InChI is InChI=1S/C7H12NO/c1-6(2)8-5-3-4-7(8)9/h6H,1,3-5H2,2H3. The Morgan fingerprint density at radius 2 is 2.44 bits per heavy atom. The maximum absolute atomic E-state index is 10.9. The van der Waals surface area contributed by atoms with Crippen LogP contribution in [-0.2, 0) is 4.79 Å². The molecule has 2 heteroatoms. The topological polar surface area (TPSA) is 20.3 Å². The van der Waals surface area contributed by atoms with Crippen molar-refractivity contribution in [2.24, 2.45) is 0 Å². The van der Waals surface area contributed by atoms with Crippen LogP contribution < -0.4 is 0 Å². The number of amides is 1. The Kier molecular flexibility index (Phi) is 1.74. The minimum absolute atomic E-state index is 0.153. The van der Waals surface area contributed by atoms with E-state index in [4.69, 9.17) is 0 Å². The van der Waals surface area contributed by atoms with Gasteiger partial charge in [0.25, 0.3) is 0 Å². The summed E-state index contributed by atoms with van der Waals surface area (Å²) in [6, 6.07) is 0.153. The molecule has 1 radical (unpaired) electrons. The minimum atomic E-state index is 0.153. The van der Waals surface area contributed by atoms with E-state index in [9.17, 15) is 4.79 Å². The first kappa shape index (κ1) is 6.59. The molecule has 1 fully saturated rings. The summed E-state index contributed by atoms with van der Waals surface area (Å²) in [6.45, 7) is 6.63. The van der Waals surface area contributed by atoms with Gasteiger partial charge in [0, 0.05) is 19.0 Å². The molecule has 1 amide bonds. The van der Waals surface area contributed by atoms with Crippen LogP contribution in [0, 0.1) is 6.92 Å². The summed E-state index contributed by atoms with van der Waals surface area (Å²) >= 11 is 0. The second-order valence-electron chi connectivity index (χ2n) is 2.54. The zero-order valence-electron chi connectivity index (χ0n) is 5.76. The average molecular weight is 126 g/mol. The predicted molar refractivity (Wildman–Crippen MR) is 35.8 cm³/mol. The van der Waals surface area contributed by atoms with Crippen molar-refractivity contribution in [3.05, 3.63) is 6.92 Å². The first-order valence-corrected chi connectivity index (χ1v) is 3.34. The quantitative estimate of drug-likeness (QED) is 0.509. The summed E-state index contributed by atoms with van der Waals surface area (Å²) in [5.41, 5.74) is 0. The molecule has 1 atom stereocenters. The van der Waals surface area contributed by atoms with Gasteiger partial charge < -0.3 is 4.90 Å². The molecule has 0 N–H and O–H groups in total. The van der Waals surface area contributed by atoms with Gasteiger partial charge in [0.15, 0.2) is 0 Å². The Morgan fingerprint density at radius 1 is 1.78 bits per heavy atom. The number of carbonyl (C=O) groups excluding carboxylic acids is 1. The molecule has 1 unspecified atom stereocenters. The molecule has 0 aliphatic carbocycles. The van der Waals surface area contributed by atoms with E-state index in [1.165, 1.54) is 0 Å². The highest BCUT2D eigenvalue weighted by atomic mass is 16.2. The molecular formula is C7H12NO. The molecule has 0 aromatic carbocycles. The second kappa shape index (κ2) is 2.38. The highest BCUT2D eigenvalue weighted by molar-refractivity contribution is 5.78. The Labute approximate surface area is 55.8 Å². The third-order valence-corrected chi connectivity index (χ3v) is 1.64. The number of hydrogen-bond acceptors (Lipinski definition) is 1. The molecule has 2 nitrogen and oxygen atoms in total. The van der Waals surface area contributed by atoms with E-state index in [2.05, 4.69) is 6.92 Å². The molecule has 0 bridgehead atoms. The molecular weight excluding hydrogens is 114 g/mol. The van der Waals surface area contributed by atoms with Crippen molar-refractivity contribution in [2.75, 3.05) is 6.54 Å². The predicted octanol–water partition coefficient (Wildman–Crippen LogP) is 0.831. The van der Waals surface area contributed by atoms with Crippen LogP contribution >= 0.6 is 0 Å². The summed E-state index contributed by atoms with van der Waals surface area (Å²) in [7, 11) is 0. The summed E-state index contributed by atoms with van der Waals surface area (Å²) in [5, 5.41) is 0. The first-order valence-electron chi connectivity index (χ1n) is 3.34. The lowest BCUT2D eigenvalue weighted by molar-refractivity contribution is -0.128. The van der Waals surface area contributed by atoms with Crippen LogP contribution in [0.4, 0.5) is 0 Å². The number of nitrogens with zero attached hydrogens (tertiary/aromatic N) is 1. The fraction of sp³-hybridized carbons (Fsp3) is 0.714. The van der Waals surface area contributed by atoms with Crippen molar-refractivity contribution >= 4 is 5.91 Å². The number of carbonyl (C=O) groups is 1. The van der Waals surface area contributed by atoms with Gasteiger partial charge in [-0.2, -0.15) is 0 Å². The van der Waals surface area contributed by atoms with Crippen LogP contribution in [0.25, 0.3) is 0 Å². The normalized spacial score (nSPS) is 19.9. The second-order valence-corrected chi connectivity index (χ2v) is 2.54. The van der Waals surface area contributed by atoms with E-state index in [1.54, 1.807) is 0 Å². The molecule has 1 heterocycles. The third-order valence-electron chi connectivity index (χ3n) is 1.64. The molecule has 0 spiro atoms. The van der Waals surface area contributed by atoms with Crippen LogP contribution in [0.1, 0.15) is 19.8 Å². The lowest BCUT2D eigenvalue weighted by Gasteiger charge is -2.19. The van der Waals surface area contributed by atoms with E-state index in [-0.39, 0.29) is 11.9 Å². The van der Waals surface area contributed by atoms with Gasteiger partial charge in [-0.1, -0.05) is 0 Å². The molecule has 1 aliphatic rings. The van der Waals surface area contributed by atoms with E-state index in [0.29, 0.717) is 0 Å². The summed E-state index contributed by atoms with van der Waals surface area (Å²) in [4.78, 5) is 12.7. The van der Waals surface area contributed by atoms with Crippen molar-refractivity contribution in [1.82, 2.24) is 4.90 Å². The molecule has 51 valence electrons. The lowest BCUT2D eigenvalue weighted by Crippen LogP contribution is -2.31. The smallest absolute Gasteiger partial charge is 0.222 e. The Morgan fingerprint density at radius 3 is 2.67 bits per heavy atom. The van der Waals surface area contributed by atoms with Gasteiger partial charge in [0.05, 0.1) is 0 Å². The average Bonchev–Trinajstić information content (AvgIpc) is 2.13. The van der Waals surface area contributed by atoms with E-state index >= 15 is 0 Å². The van der Waals surface area contributed by atoms with Gasteiger partial charge in [-0.15, -0.1) is 0 Å². The highest BCUT2D eigenvalue weighted by Crippen LogP contribution is 2.11. The Hall–Kier alpha value is -0.530. The van der Waals surface area contributed by atoms with Crippen molar-refractivity contribution in [3.8, 4) is 0 Å². The molecule has 9 heavy (non-hydrogen) atoms. The molecule has 1 saturated heterocycles. The molecule has 0 saturated carbocycles. The van der Waals surface area contributed by atoms with Gasteiger partial charge in [-0.3, -0.25) is 4.79 Å². The largest absolute Gasteiger partial charge is 0.340 e. The monoisotopic (exact) mass is 126 g/mol. The summed E-state index contributed by atoms with van der Waals surface area (Å²) < 4.78 is 0. The van der Waals surface area contributed by atoms with Gasteiger partial charge in [0.2, 0.25) is 5.91 Å². The number of rotatable bonds is 1. The SMILES string of the molecule is [CH2]C(C)N1CCCC1=O. The highest BCUT2D eigenvalue weighted by Gasteiger charge is 2.21. The van der Waals surface area contributed by atoms with E-state index in [0.717, 1.165) is 19.4 Å². The van der Waals surface area contributed by atoms with Gasteiger partial charge in [0.1, 0.15) is 0 Å². The minimum Gasteiger partial charge on any atom is -0.340 e. The number of likely N-dealkylation sites (tertiary alicyclic amines) is 1. The van der Waals surface area contributed by atoms with Crippen LogP contribution in [-0.4, -0.2) is 23.4 Å². The Bertz CT molecular complexity index is 120. The molecule has 1 aliphatic heterocycles. The van der Waals surface area contributed by atoms with Crippen molar-refractivity contribution in [2.45, 2.75) is 25.8 Å². The lowest BCUT2D eigenvalue weighted by atomic mass is 10.3. The summed E-state index contributed by atoms with van der Waals surface area (Å²) in [6.07, 6.45) is 1.73. The van der Waals surface area contributed by atoms with Crippen LogP contribution in [0.2, 0.25) is 0 Å². The maximum Gasteiger partial charge on any atom is 0.222 e. The van der Waals surface area contributed by atoms with Crippen LogP contribution in [0.3, 0.4) is 0 Å². The molecule has 0 aromatic rings. The fourth-order valence-electron chi connectivity index (χ4n) is 1.14. The van der Waals surface area contributed by atoms with E-state index in [1.807, 2.05) is 11.8 Å². The molecule has 1 rings (SSSR count). The third kappa shape index (κ3) is 1.23. The first-order chi connectivity index (χ1) is 4.22. The van der Waals surface area contributed by atoms with Crippen molar-refractivity contribution < 1.29 is 4.79 Å².